The van der Waals surface area contributed by atoms with Gasteiger partial charge in [0.25, 0.3) is 10.2 Å². The molecule has 106 valence electrons. The van der Waals surface area contributed by atoms with Crippen LogP contribution in [-0.4, -0.2) is 58.2 Å². The summed E-state index contributed by atoms with van der Waals surface area (Å²) in [7, 11) is -3.32. The summed E-state index contributed by atoms with van der Waals surface area (Å²) in [6.45, 7) is 5.47. The van der Waals surface area contributed by atoms with Gasteiger partial charge in [0.1, 0.15) is 0 Å². The topological polar surface area (TPSA) is 70.7 Å². The lowest BCUT2D eigenvalue weighted by Crippen LogP contribution is -2.49. The Balaban J connectivity index is 1.77. The van der Waals surface area contributed by atoms with E-state index in [-0.39, 0.29) is 0 Å². The van der Waals surface area contributed by atoms with Gasteiger partial charge in [-0.1, -0.05) is 0 Å². The summed E-state index contributed by atoms with van der Waals surface area (Å²) in [6.07, 6.45) is 2.20. The number of morpholine rings is 1. The highest BCUT2D eigenvalue weighted by atomic mass is 32.2. The smallest absolute Gasteiger partial charge is 0.279 e. The second kappa shape index (κ2) is 6.29. The van der Waals surface area contributed by atoms with Crippen molar-refractivity contribution in [2.24, 2.45) is 5.92 Å². The molecule has 0 aromatic carbocycles. The van der Waals surface area contributed by atoms with Crippen molar-refractivity contribution in [1.29, 1.82) is 0 Å². The highest BCUT2D eigenvalue weighted by Gasteiger charge is 2.25. The Kier molecular flexibility index (Phi) is 4.97. The summed E-state index contributed by atoms with van der Waals surface area (Å²) in [5.74, 6) is 0.400. The van der Waals surface area contributed by atoms with E-state index in [1.165, 1.54) is 4.31 Å². The molecule has 2 heterocycles. The van der Waals surface area contributed by atoms with Crippen molar-refractivity contribution in [3.8, 4) is 0 Å². The van der Waals surface area contributed by atoms with E-state index in [0.29, 0.717) is 44.8 Å². The summed E-state index contributed by atoms with van der Waals surface area (Å²) in [5, 5.41) is 3.38. The van der Waals surface area contributed by atoms with E-state index in [0.717, 1.165) is 19.4 Å². The van der Waals surface area contributed by atoms with Crippen LogP contribution in [0.4, 0.5) is 0 Å². The van der Waals surface area contributed by atoms with Gasteiger partial charge >= 0.3 is 0 Å². The van der Waals surface area contributed by atoms with Crippen molar-refractivity contribution in [2.45, 2.75) is 25.8 Å². The van der Waals surface area contributed by atoms with E-state index in [1.807, 2.05) is 0 Å². The van der Waals surface area contributed by atoms with Crippen LogP contribution in [0.2, 0.25) is 0 Å². The zero-order valence-electron chi connectivity index (χ0n) is 10.9. The van der Waals surface area contributed by atoms with Crippen LogP contribution in [0.15, 0.2) is 0 Å². The third-order valence-corrected chi connectivity index (χ3v) is 5.20. The standard InChI is InChI=1S/C11H23N3O3S/c1-10-2-3-11(8-12-10)9-13-18(15,16)14-4-6-17-7-5-14/h10-13H,2-9H2,1H3. The second-order valence-corrected chi connectivity index (χ2v) is 6.87. The highest BCUT2D eigenvalue weighted by molar-refractivity contribution is 7.87. The van der Waals surface area contributed by atoms with Crippen molar-refractivity contribution < 1.29 is 13.2 Å². The molecule has 0 amide bonds. The predicted octanol–water partition coefficient (Wildman–Crippen LogP) is -0.459. The molecule has 0 saturated carbocycles. The fourth-order valence-electron chi connectivity index (χ4n) is 2.33. The summed E-state index contributed by atoms with van der Waals surface area (Å²) in [6, 6.07) is 0.553. The molecule has 2 fully saturated rings. The van der Waals surface area contributed by atoms with Crippen molar-refractivity contribution in [3.63, 3.8) is 0 Å². The summed E-state index contributed by atoms with van der Waals surface area (Å²) >= 11 is 0. The molecule has 18 heavy (non-hydrogen) atoms. The predicted molar refractivity (Wildman–Crippen MR) is 69.5 cm³/mol. The number of nitrogens with zero attached hydrogens (tertiary/aromatic N) is 1. The largest absolute Gasteiger partial charge is 0.379 e. The van der Waals surface area contributed by atoms with Gasteiger partial charge in [-0.15, -0.1) is 0 Å². The van der Waals surface area contributed by atoms with Crippen LogP contribution in [0, 0.1) is 5.92 Å². The van der Waals surface area contributed by atoms with Crippen LogP contribution in [0.25, 0.3) is 0 Å². The first-order valence-electron chi connectivity index (χ1n) is 6.64. The van der Waals surface area contributed by atoms with Crippen LogP contribution in [-0.2, 0) is 14.9 Å². The molecule has 0 bridgehead atoms. The number of rotatable bonds is 4. The molecule has 2 aliphatic heterocycles. The van der Waals surface area contributed by atoms with Gasteiger partial charge in [0.05, 0.1) is 13.2 Å². The number of hydrogen-bond acceptors (Lipinski definition) is 4. The summed E-state index contributed by atoms with van der Waals surface area (Å²) < 4.78 is 33.4. The molecule has 2 unspecified atom stereocenters. The summed E-state index contributed by atoms with van der Waals surface area (Å²) in [4.78, 5) is 0. The zero-order chi connectivity index (χ0) is 13.0. The number of nitrogens with one attached hydrogen (secondary N) is 2. The molecule has 2 saturated heterocycles. The second-order valence-electron chi connectivity index (χ2n) is 5.12. The first-order chi connectivity index (χ1) is 8.58. The lowest BCUT2D eigenvalue weighted by molar-refractivity contribution is 0.0724. The summed E-state index contributed by atoms with van der Waals surface area (Å²) in [5.41, 5.74) is 0. The maximum Gasteiger partial charge on any atom is 0.279 e. The average molecular weight is 277 g/mol. The quantitative estimate of drug-likeness (QED) is 0.729. The Morgan fingerprint density at radius 2 is 2.06 bits per heavy atom. The molecule has 7 heteroatoms. The molecule has 0 aliphatic carbocycles. The van der Waals surface area contributed by atoms with E-state index in [2.05, 4.69) is 17.0 Å². The van der Waals surface area contributed by atoms with Gasteiger partial charge in [-0.2, -0.15) is 12.7 Å². The molecule has 0 spiro atoms. The fraction of sp³-hybridized carbons (Fsp3) is 1.00. The monoisotopic (exact) mass is 277 g/mol. The SMILES string of the molecule is CC1CCC(CNS(=O)(=O)N2CCOCC2)CN1. The van der Waals surface area contributed by atoms with E-state index >= 15 is 0 Å². The molecule has 0 aromatic rings. The van der Waals surface area contributed by atoms with Crippen LogP contribution in [0.3, 0.4) is 0 Å². The van der Waals surface area contributed by atoms with Gasteiger partial charge in [-0.3, -0.25) is 0 Å². The maximum atomic E-state index is 12.0. The maximum absolute atomic E-state index is 12.0. The fourth-order valence-corrected chi connectivity index (χ4v) is 3.59. The van der Waals surface area contributed by atoms with Crippen molar-refractivity contribution in [1.82, 2.24) is 14.3 Å². The third kappa shape index (κ3) is 3.89. The van der Waals surface area contributed by atoms with Gasteiger partial charge in [0.15, 0.2) is 0 Å². The lowest BCUT2D eigenvalue weighted by atomic mass is 9.96. The highest BCUT2D eigenvalue weighted by Crippen LogP contribution is 2.13. The van der Waals surface area contributed by atoms with Crippen molar-refractivity contribution >= 4 is 10.2 Å². The molecule has 0 aromatic heterocycles. The van der Waals surface area contributed by atoms with Crippen LogP contribution < -0.4 is 10.0 Å². The number of hydrogen-bond donors (Lipinski definition) is 2. The molecule has 2 atom stereocenters. The van der Waals surface area contributed by atoms with Crippen LogP contribution in [0.5, 0.6) is 0 Å². The van der Waals surface area contributed by atoms with E-state index in [1.54, 1.807) is 0 Å². The normalized spacial score (nSPS) is 31.4. The minimum absolute atomic E-state index is 0.400. The molecular weight excluding hydrogens is 254 g/mol. The van der Waals surface area contributed by atoms with Crippen LogP contribution in [0.1, 0.15) is 19.8 Å². The molecule has 2 rings (SSSR count). The number of piperidine rings is 1. The van der Waals surface area contributed by atoms with Gasteiger partial charge in [-0.25, -0.2) is 4.72 Å². The Morgan fingerprint density at radius 1 is 1.33 bits per heavy atom. The Hall–Kier alpha value is -0.210. The van der Waals surface area contributed by atoms with Gasteiger partial charge < -0.3 is 10.1 Å². The molecule has 6 nitrogen and oxygen atoms in total. The first-order valence-corrected chi connectivity index (χ1v) is 8.08. The van der Waals surface area contributed by atoms with Gasteiger partial charge in [0, 0.05) is 25.7 Å². The molecule has 2 N–H and O–H groups in total. The van der Waals surface area contributed by atoms with Crippen LogP contribution >= 0.6 is 0 Å². The Labute approximate surface area is 109 Å². The third-order valence-electron chi connectivity index (χ3n) is 3.63. The lowest BCUT2D eigenvalue weighted by Gasteiger charge is -2.30. The van der Waals surface area contributed by atoms with Crippen molar-refractivity contribution in [2.75, 3.05) is 39.4 Å². The van der Waals surface area contributed by atoms with Crippen molar-refractivity contribution in [3.05, 3.63) is 0 Å². The molecular formula is C11H23N3O3S. The molecule has 2 aliphatic rings. The Bertz CT molecular complexity index is 347. The van der Waals surface area contributed by atoms with E-state index in [9.17, 15) is 8.42 Å². The number of ether oxygens (including phenoxy) is 1. The van der Waals surface area contributed by atoms with E-state index in [4.69, 9.17) is 4.74 Å². The first kappa shape index (κ1) is 14.2. The average Bonchev–Trinajstić information content (AvgIpc) is 2.39. The van der Waals surface area contributed by atoms with Gasteiger partial charge in [0.2, 0.25) is 0 Å². The minimum atomic E-state index is -3.32. The minimum Gasteiger partial charge on any atom is -0.379 e. The van der Waals surface area contributed by atoms with E-state index < -0.39 is 10.2 Å². The Morgan fingerprint density at radius 3 is 2.67 bits per heavy atom. The zero-order valence-corrected chi connectivity index (χ0v) is 11.7. The molecule has 0 radical (unpaired) electrons. The van der Waals surface area contributed by atoms with Gasteiger partial charge in [-0.05, 0) is 32.2 Å².